The van der Waals surface area contributed by atoms with Gasteiger partial charge >= 0.3 is 0 Å². The third-order valence-corrected chi connectivity index (χ3v) is 4.35. The molecule has 4 aromatic rings. The molecule has 0 spiro atoms. The Morgan fingerprint density at radius 1 is 1.13 bits per heavy atom. The smallest absolute Gasteiger partial charge is 0.191 e. The van der Waals surface area contributed by atoms with E-state index in [4.69, 9.17) is 0 Å². The van der Waals surface area contributed by atoms with Gasteiger partial charge in [0, 0.05) is 32.9 Å². The van der Waals surface area contributed by atoms with Gasteiger partial charge in [0.05, 0.1) is 11.6 Å². The lowest BCUT2D eigenvalue weighted by atomic mass is 10.4. The van der Waals surface area contributed by atoms with Crippen molar-refractivity contribution in [3.8, 4) is 0 Å². The Hall–Kier alpha value is -3.03. The van der Waals surface area contributed by atoms with Crippen molar-refractivity contribution in [2.24, 2.45) is 12.0 Å². The van der Waals surface area contributed by atoms with Crippen molar-refractivity contribution >= 4 is 52.4 Å². The summed E-state index contributed by atoms with van der Waals surface area (Å²) in [6, 6.07) is 5.80. The minimum absolute atomic E-state index is 0. The number of aliphatic imine (C=N–C) groups is 1. The largest absolute Gasteiger partial charge is 0.368 e. The third-order valence-electron chi connectivity index (χ3n) is 4.35. The van der Waals surface area contributed by atoms with Gasteiger partial charge in [0.1, 0.15) is 18.7 Å². The van der Waals surface area contributed by atoms with Crippen LogP contribution < -0.4 is 16.0 Å². The Bertz CT molecular complexity index is 1130. The van der Waals surface area contributed by atoms with E-state index in [2.05, 4.69) is 46.2 Å². The molecule has 4 heterocycles. The zero-order valence-electron chi connectivity index (χ0n) is 16.8. The highest BCUT2D eigenvalue weighted by Crippen LogP contribution is 2.17. The lowest BCUT2D eigenvalue weighted by molar-refractivity contribution is 0.785. The van der Waals surface area contributed by atoms with Crippen molar-refractivity contribution in [2.45, 2.75) is 13.5 Å². The van der Waals surface area contributed by atoms with Crippen LogP contribution in [0.15, 0.2) is 41.9 Å². The summed E-state index contributed by atoms with van der Waals surface area (Å²) >= 11 is 0. The fourth-order valence-corrected chi connectivity index (χ4v) is 2.95. The van der Waals surface area contributed by atoms with Gasteiger partial charge in [0.25, 0.3) is 0 Å². The monoisotopic (exact) mass is 521 g/mol. The molecule has 158 valence electrons. The molecule has 30 heavy (non-hydrogen) atoms. The molecule has 0 aromatic carbocycles. The van der Waals surface area contributed by atoms with Gasteiger partial charge in [-0.3, -0.25) is 9.08 Å². The molecule has 0 aliphatic heterocycles. The van der Waals surface area contributed by atoms with Crippen molar-refractivity contribution in [2.75, 3.05) is 25.0 Å². The Morgan fingerprint density at radius 3 is 2.90 bits per heavy atom. The first-order valence-electron chi connectivity index (χ1n) is 9.43. The molecular formula is C18H24IN11. The second-order valence-corrected chi connectivity index (χ2v) is 6.32. The molecule has 0 aliphatic carbocycles. The normalized spacial score (nSPS) is 11.5. The van der Waals surface area contributed by atoms with Gasteiger partial charge < -0.3 is 16.0 Å². The SMILES string of the molecule is CCNC(=NCc1nnc2ccccn12)NCCNc1ncnc2c1cnn2C.I. The molecule has 4 aromatic heterocycles. The number of halogens is 1. The first kappa shape index (κ1) is 21.7. The summed E-state index contributed by atoms with van der Waals surface area (Å²) in [5.74, 6) is 2.27. The van der Waals surface area contributed by atoms with Gasteiger partial charge in [-0.2, -0.15) is 5.10 Å². The van der Waals surface area contributed by atoms with Gasteiger partial charge in [0.15, 0.2) is 23.1 Å². The maximum Gasteiger partial charge on any atom is 0.191 e. The third kappa shape index (κ3) is 4.75. The van der Waals surface area contributed by atoms with Crippen molar-refractivity contribution in [1.82, 2.24) is 45.0 Å². The summed E-state index contributed by atoms with van der Waals surface area (Å²) in [6.45, 7) is 4.55. The predicted molar refractivity (Wildman–Crippen MR) is 126 cm³/mol. The highest BCUT2D eigenvalue weighted by molar-refractivity contribution is 14.0. The summed E-state index contributed by atoms with van der Waals surface area (Å²) in [4.78, 5) is 13.2. The summed E-state index contributed by atoms with van der Waals surface area (Å²) in [5, 5.41) is 23.3. The molecule has 0 atom stereocenters. The molecule has 3 N–H and O–H groups in total. The fraction of sp³-hybridized carbons (Fsp3) is 0.333. The Morgan fingerprint density at radius 2 is 2.03 bits per heavy atom. The maximum absolute atomic E-state index is 4.61. The number of hydrogen-bond donors (Lipinski definition) is 3. The van der Waals surface area contributed by atoms with E-state index in [0.717, 1.165) is 40.8 Å². The van der Waals surface area contributed by atoms with Crippen LogP contribution in [-0.2, 0) is 13.6 Å². The van der Waals surface area contributed by atoms with Gasteiger partial charge in [-0.25, -0.2) is 15.0 Å². The van der Waals surface area contributed by atoms with Crippen molar-refractivity contribution in [3.63, 3.8) is 0 Å². The van der Waals surface area contributed by atoms with E-state index in [1.165, 1.54) is 6.33 Å². The number of fused-ring (bicyclic) bond motifs is 2. The topological polar surface area (TPSA) is 122 Å². The van der Waals surface area contributed by atoms with Crippen LogP contribution in [-0.4, -0.2) is 59.9 Å². The van der Waals surface area contributed by atoms with E-state index in [9.17, 15) is 0 Å². The number of pyridine rings is 1. The van der Waals surface area contributed by atoms with Crippen molar-refractivity contribution < 1.29 is 0 Å². The zero-order valence-corrected chi connectivity index (χ0v) is 19.1. The second kappa shape index (κ2) is 10.1. The minimum Gasteiger partial charge on any atom is -0.368 e. The minimum atomic E-state index is 0. The van der Waals surface area contributed by atoms with E-state index in [0.29, 0.717) is 19.6 Å². The summed E-state index contributed by atoms with van der Waals surface area (Å²) in [5.41, 5.74) is 1.61. The van der Waals surface area contributed by atoms with Crippen LogP contribution in [0.1, 0.15) is 12.7 Å². The van der Waals surface area contributed by atoms with Crippen LogP contribution in [0.3, 0.4) is 0 Å². The van der Waals surface area contributed by atoms with Gasteiger partial charge in [-0.15, -0.1) is 34.2 Å². The number of hydrogen-bond acceptors (Lipinski definition) is 7. The average Bonchev–Trinajstić information content (AvgIpc) is 3.33. The Labute approximate surface area is 190 Å². The van der Waals surface area contributed by atoms with E-state index in [-0.39, 0.29) is 24.0 Å². The van der Waals surface area contributed by atoms with Gasteiger partial charge in [0.2, 0.25) is 0 Å². The number of anilines is 1. The average molecular weight is 521 g/mol. The number of rotatable bonds is 7. The fourth-order valence-electron chi connectivity index (χ4n) is 2.95. The maximum atomic E-state index is 4.61. The molecular weight excluding hydrogens is 497 g/mol. The van der Waals surface area contributed by atoms with Crippen molar-refractivity contribution in [1.29, 1.82) is 0 Å². The van der Waals surface area contributed by atoms with Crippen molar-refractivity contribution in [3.05, 3.63) is 42.7 Å². The molecule has 0 saturated heterocycles. The van der Waals surface area contributed by atoms with Gasteiger partial charge in [-0.1, -0.05) is 6.07 Å². The van der Waals surface area contributed by atoms with Crippen LogP contribution in [0, 0.1) is 0 Å². The quantitative estimate of drug-likeness (QED) is 0.144. The van der Waals surface area contributed by atoms with E-state index in [1.54, 1.807) is 10.9 Å². The second-order valence-electron chi connectivity index (χ2n) is 6.32. The molecule has 11 nitrogen and oxygen atoms in total. The highest BCUT2D eigenvalue weighted by Gasteiger charge is 2.07. The first-order valence-corrected chi connectivity index (χ1v) is 9.43. The van der Waals surface area contributed by atoms with E-state index >= 15 is 0 Å². The number of nitrogens with zero attached hydrogens (tertiary/aromatic N) is 8. The Kier molecular flexibility index (Phi) is 7.32. The number of aryl methyl sites for hydroxylation is 1. The predicted octanol–water partition coefficient (Wildman–Crippen LogP) is 1.19. The number of aromatic nitrogens is 7. The van der Waals surface area contributed by atoms with E-state index < -0.39 is 0 Å². The lowest BCUT2D eigenvalue weighted by Gasteiger charge is -2.12. The standard InChI is InChI=1S/C18H23N11.HI/c1-3-19-18(22-11-15-27-26-14-6-4-5-9-29(14)15)21-8-7-20-16-13-10-25-28(2)17(13)24-12-23-16;/h4-6,9-10,12H,3,7-8,11H2,1-2H3,(H2,19,21,22)(H,20,23,24);1H. The summed E-state index contributed by atoms with van der Waals surface area (Å²) in [7, 11) is 1.86. The molecule has 12 heteroatoms. The summed E-state index contributed by atoms with van der Waals surface area (Å²) < 4.78 is 3.66. The molecule has 0 aliphatic rings. The lowest BCUT2D eigenvalue weighted by Crippen LogP contribution is -2.39. The van der Waals surface area contributed by atoms with Crippen LogP contribution in [0.2, 0.25) is 0 Å². The molecule has 0 unspecified atom stereocenters. The van der Waals surface area contributed by atoms with Crippen LogP contribution in [0.25, 0.3) is 16.7 Å². The molecule has 0 radical (unpaired) electrons. The van der Waals surface area contributed by atoms with Crippen LogP contribution >= 0.6 is 24.0 Å². The molecule has 0 saturated carbocycles. The van der Waals surface area contributed by atoms with E-state index in [1.807, 2.05) is 42.8 Å². The zero-order chi connectivity index (χ0) is 20.1. The van der Waals surface area contributed by atoms with Crippen LogP contribution in [0.5, 0.6) is 0 Å². The van der Waals surface area contributed by atoms with Crippen LogP contribution in [0.4, 0.5) is 5.82 Å². The molecule has 0 fully saturated rings. The molecule has 4 rings (SSSR count). The number of nitrogens with one attached hydrogen (secondary N) is 3. The number of guanidine groups is 1. The molecule has 0 bridgehead atoms. The van der Waals surface area contributed by atoms with Gasteiger partial charge in [-0.05, 0) is 19.1 Å². The Balaban J connectivity index is 0.00000256. The first-order chi connectivity index (χ1) is 14.3. The summed E-state index contributed by atoms with van der Waals surface area (Å²) in [6.07, 6.45) is 5.24. The highest BCUT2D eigenvalue weighted by atomic mass is 127. The molecule has 0 amide bonds.